The average molecular weight is 576 g/mol. The SMILES string of the molecule is O=C(NCc1ccc(Cl)cc1)NC(=NC(Cn1ccnc1)c1ccc(Cl)cc1Cl)Nc1ccc(Cl)cc1. The van der Waals surface area contributed by atoms with Gasteiger partial charge in [-0.2, -0.15) is 0 Å². The molecular formula is C26H22Cl4N6O. The highest BCUT2D eigenvalue weighted by molar-refractivity contribution is 6.35. The molecule has 3 N–H and O–H groups in total. The number of aromatic nitrogens is 2. The highest BCUT2D eigenvalue weighted by Crippen LogP contribution is 2.30. The van der Waals surface area contributed by atoms with Gasteiger partial charge in [-0.3, -0.25) is 5.32 Å². The maximum Gasteiger partial charge on any atom is 0.321 e. The van der Waals surface area contributed by atoms with E-state index < -0.39 is 12.1 Å². The van der Waals surface area contributed by atoms with Crippen LogP contribution in [0.1, 0.15) is 17.2 Å². The Morgan fingerprint density at radius 3 is 2.24 bits per heavy atom. The van der Waals surface area contributed by atoms with Crippen LogP contribution < -0.4 is 16.0 Å². The Labute approximate surface area is 234 Å². The van der Waals surface area contributed by atoms with Crippen LogP contribution in [0, 0.1) is 0 Å². The number of carbonyl (C=O) groups is 1. The summed E-state index contributed by atoms with van der Waals surface area (Å²) >= 11 is 24.6. The van der Waals surface area contributed by atoms with Gasteiger partial charge in [0.25, 0.3) is 0 Å². The summed E-state index contributed by atoms with van der Waals surface area (Å²) < 4.78 is 1.87. The Balaban J connectivity index is 1.61. The van der Waals surface area contributed by atoms with Gasteiger partial charge in [0.05, 0.1) is 18.9 Å². The number of benzene rings is 3. The van der Waals surface area contributed by atoms with Crippen LogP contribution in [0.25, 0.3) is 0 Å². The number of imidazole rings is 1. The summed E-state index contributed by atoms with van der Waals surface area (Å²) in [6.07, 6.45) is 5.19. The molecule has 0 saturated carbocycles. The number of carbonyl (C=O) groups excluding carboxylic acids is 1. The number of halogens is 4. The first-order valence-electron chi connectivity index (χ1n) is 11.2. The number of anilines is 1. The van der Waals surface area contributed by atoms with E-state index in [1.165, 1.54) is 0 Å². The van der Waals surface area contributed by atoms with Crippen molar-refractivity contribution < 1.29 is 4.79 Å². The van der Waals surface area contributed by atoms with Crippen molar-refractivity contribution in [2.75, 3.05) is 5.32 Å². The molecule has 37 heavy (non-hydrogen) atoms. The first-order valence-corrected chi connectivity index (χ1v) is 12.7. The largest absolute Gasteiger partial charge is 0.335 e. The fourth-order valence-corrected chi connectivity index (χ4v) is 4.22. The van der Waals surface area contributed by atoms with Gasteiger partial charge in [-0.1, -0.05) is 64.6 Å². The van der Waals surface area contributed by atoms with Crippen molar-refractivity contribution in [1.82, 2.24) is 20.2 Å². The van der Waals surface area contributed by atoms with E-state index in [1.807, 2.05) is 29.0 Å². The van der Waals surface area contributed by atoms with Crippen molar-refractivity contribution in [3.05, 3.63) is 117 Å². The molecule has 7 nitrogen and oxygen atoms in total. The van der Waals surface area contributed by atoms with E-state index in [-0.39, 0.29) is 5.96 Å². The number of nitrogens with one attached hydrogen (secondary N) is 3. The first-order chi connectivity index (χ1) is 17.9. The molecule has 4 rings (SSSR count). The summed E-state index contributed by atoms with van der Waals surface area (Å²) in [6, 6.07) is 18.6. The van der Waals surface area contributed by atoms with Crippen molar-refractivity contribution in [3.63, 3.8) is 0 Å². The minimum atomic E-state index is -0.481. The number of hydrogen-bond donors (Lipinski definition) is 3. The van der Waals surface area contributed by atoms with Crippen LogP contribution in [0.3, 0.4) is 0 Å². The summed E-state index contributed by atoms with van der Waals surface area (Å²) in [6.45, 7) is 0.722. The van der Waals surface area contributed by atoms with Crippen LogP contribution >= 0.6 is 46.4 Å². The lowest BCUT2D eigenvalue weighted by Crippen LogP contribution is -2.42. The van der Waals surface area contributed by atoms with Gasteiger partial charge in [-0.25, -0.2) is 14.8 Å². The summed E-state index contributed by atoms with van der Waals surface area (Å²) in [4.78, 5) is 21.8. The summed E-state index contributed by atoms with van der Waals surface area (Å²) in [5.74, 6) is 0.215. The van der Waals surface area contributed by atoms with E-state index in [0.29, 0.717) is 38.9 Å². The second-order valence-corrected chi connectivity index (χ2v) is 9.70. The van der Waals surface area contributed by atoms with E-state index in [4.69, 9.17) is 51.4 Å². The maximum atomic E-state index is 12.8. The molecule has 1 aromatic heterocycles. The quantitative estimate of drug-likeness (QED) is 0.161. The molecule has 0 bridgehead atoms. The van der Waals surface area contributed by atoms with E-state index >= 15 is 0 Å². The van der Waals surface area contributed by atoms with Gasteiger partial charge in [0.15, 0.2) is 0 Å². The highest BCUT2D eigenvalue weighted by atomic mass is 35.5. The lowest BCUT2D eigenvalue weighted by Gasteiger charge is -2.19. The molecule has 2 amide bonds. The van der Waals surface area contributed by atoms with Crippen molar-refractivity contribution in [2.24, 2.45) is 4.99 Å². The van der Waals surface area contributed by atoms with E-state index in [1.54, 1.807) is 61.1 Å². The van der Waals surface area contributed by atoms with E-state index in [2.05, 4.69) is 20.9 Å². The van der Waals surface area contributed by atoms with Crippen LogP contribution in [-0.2, 0) is 13.1 Å². The maximum absolute atomic E-state index is 12.8. The first kappa shape index (κ1) is 26.8. The van der Waals surface area contributed by atoms with Crippen LogP contribution in [0.4, 0.5) is 10.5 Å². The number of amides is 2. The van der Waals surface area contributed by atoms with Crippen molar-refractivity contribution >= 4 is 64.1 Å². The number of urea groups is 1. The molecule has 0 radical (unpaired) electrons. The number of hydrogen-bond acceptors (Lipinski definition) is 3. The van der Waals surface area contributed by atoms with Crippen molar-refractivity contribution in [2.45, 2.75) is 19.1 Å². The zero-order chi connectivity index (χ0) is 26.2. The lowest BCUT2D eigenvalue weighted by molar-refractivity contribution is 0.245. The molecule has 190 valence electrons. The molecule has 0 aliphatic carbocycles. The summed E-state index contributed by atoms with van der Waals surface area (Å²) in [5.41, 5.74) is 2.32. The molecule has 0 saturated heterocycles. The molecule has 0 spiro atoms. The number of rotatable bonds is 7. The second-order valence-electron chi connectivity index (χ2n) is 7.98. The van der Waals surface area contributed by atoms with Gasteiger partial charge in [0.2, 0.25) is 5.96 Å². The van der Waals surface area contributed by atoms with Gasteiger partial charge in [0, 0.05) is 44.7 Å². The minimum absolute atomic E-state index is 0.215. The topological polar surface area (TPSA) is 83.3 Å². The Kier molecular flexibility index (Phi) is 9.30. The third kappa shape index (κ3) is 8.13. The molecule has 4 aromatic rings. The number of aliphatic imine (C=N–C) groups is 1. The van der Waals surface area contributed by atoms with Crippen LogP contribution in [-0.4, -0.2) is 21.5 Å². The Morgan fingerprint density at radius 1 is 0.919 bits per heavy atom. The van der Waals surface area contributed by atoms with Gasteiger partial charge in [-0.05, 0) is 59.7 Å². The third-order valence-corrected chi connectivity index (χ3v) is 6.32. The van der Waals surface area contributed by atoms with Crippen LogP contribution in [0.2, 0.25) is 20.1 Å². The summed E-state index contributed by atoms with van der Waals surface area (Å²) in [5, 5.41) is 11.0. The molecule has 0 aliphatic heterocycles. The highest BCUT2D eigenvalue weighted by Gasteiger charge is 2.18. The van der Waals surface area contributed by atoms with Crippen molar-refractivity contribution in [3.8, 4) is 0 Å². The second kappa shape index (κ2) is 12.8. The minimum Gasteiger partial charge on any atom is -0.335 e. The van der Waals surface area contributed by atoms with Gasteiger partial charge >= 0.3 is 6.03 Å². The lowest BCUT2D eigenvalue weighted by atomic mass is 10.1. The third-order valence-electron chi connectivity index (χ3n) is 5.25. The van der Waals surface area contributed by atoms with Crippen molar-refractivity contribution in [1.29, 1.82) is 0 Å². The monoisotopic (exact) mass is 574 g/mol. The number of guanidine groups is 1. The molecule has 1 unspecified atom stereocenters. The normalized spacial score (nSPS) is 12.2. The molecule has 1 heterocycles. The van der Waals surface area contributed by atoms with Gasteiger partial charge in [0.1, 0.15) is 0 Å². The molecule has 0 fully saturated rings. The fourth-order valence-electron chi connectivity index (χ4n) is 3.43. The average Bonchev–Trinajstić information content (AvgIpc) is 3.38. The van der Waals surface area contributed by atoms with Gasteiger partial charge < -0.3 is 15.2 Å². The molecular weight excluding hydrogens is 554 g/mol. The predicted molar refractivity (Wildman–Crippen MR) is 151 cm³/mol. The summed E-state index contributed by atoms with van der Waals surface area (Å²) in [7, 11) is 0. The van der Waals surface area contributed by atoms with E-state index in [0.717, 1.165) is 11.1 Å². The zero-order valence-electron chi connectivity index (χ0n) is 19.3. The molecule has 0 aliphatic rings. The predicted octanol–water partition coefficient (Wildman–Crippen LogP) is 7.21. The van der Waals surface area contributed by atoms with Crippen LogP contribution in [0.15, 0.2) is 90.4 Å². The smallest absolute Gasteiger partial charge is 0.321 e. The van der Waals surface area contributed by atoms with Gasteiger partial charge in [-0.15, -0.1) is 0 Å². The Morgan fingerprint density at radius 2 is 1.59 bits per heavy atom. The zero-order valence-corrected chi connectivity index (χ0v) is 22.4. The van der Waals surface area contributed by atoms with E-state index in [9.17, 15) is 4.79 Å². The Hall–Kier alpha value is -3.23. The Bertz CT molecular complexity index is 1360. The fraction of sp³-hybridized carbons (Fsp3) is 0.115. The van der Waals surface area contributed by atoms with Crippen LogP contribution in [0.5, 0.6) is 0 Å². The molecule has 3 aromatic carbocycles. The standard InChI is InChI=1S/C26H22Cl4N6O/c27-18-3-1-17(2-4-18)14-32-26(37)35-25(33-21-8-5-19(28)6-9-21)34-24(15-36-12-11-31-16-36)22-10-7-20(29)13-23(22)30/h1-13,16,24H,14-15H2,(H3,32,33,34,35,37). The molecule has 11 heteroatoms. The molecule has 1 atom stereocenters. The number of nitrogens with zero attached hydrogens (tertiary/aromatic N) is 3.